The molecule has 0 spiro atoms. The van der Waals surface area contributed by atoms with Crippen molar-refractivity contribution in [2.24, 2.45) is 12.0 Å². The fraction of sp³-hybridized carbons (Fsp3) is 0.389. The van der Waals surface area contributed by atoms with Crippen LogP contribution in [0.4, 0.5) is 5.69 Å². The first-order valence-electron chi connectivity index (χ1n) is 8.13. The summed E-state index contributed by atoms with van der Waals surface area (Å²) in [6.07, 6.45) is 4.08. The highest BCUT2D eigenvalue weighted by Crippen LogP contribution is 2.30. The lowest BCUT2D eigenvalue weighted by atomic mass is 10.2. The highest BCUT2D eigenvalue weighted by molar-refractivity contribution is 14.0. The number of aliphatic imine (C=N–C) groups is 1. The molecule has 1 heterocycles. The van der Waals surface area contributed by atoms with Crippen molar-refractivity contribution in [1.29, 1.82) is 0 Å². The van der Waals surface area contributed by atoms with Crippen LogP contribution in [-0.2, 0) is 13.6 Å². The van der Waals surface area contributed by atoms with E-state index in [0.29, 0.717) is 18.9 Å². The number of benzene rings is 1. The fourth-order valence-corrected chi connectivity index (χ4v) is 2.29. The van der Waals surface area contributed by atoms with E-state index in [9.17, 15) is 0 Å². The molecule has 0 fully saturated rings. The molecule has 138 valence electrons. The molecule has 0 bridgehead atoms. The van der Waals surface area contributed by atoms with Crippen molar-refractivity contribution in [2.45, 2.75) is 20.4 Å². The summed E-state index contributed by atoms with van der Waals surface area (Å²) in [5.74, 6) is 2.16. The van der Waals surface area contributed by atoms with Crippen LogP contribution in [0, 0.1) is 0 Å². The second-order valence-corrected chi connectivity index (χ2v) is 5.30. The molecule has 7 heteroatoms. The molecule has 0 radical (unpaired) electrons. The lowest BCUT2D eigenvalue weighted by Gasteiger charge is -2.14. The number of aromatic nitrogens is 1. The van der Waals surface area contributed by atoms with Gasteiger partial charge in [-0.25, -0.2) is 4.99 Å². The van der Waals surface area contributed by atoms with Gasteiger partial charge < -0.3 is 24.7 Å². The number of methoxy groups -OCH3 is 1. The van der Waals surface area contributed by atoms with Gasteiger partial charge in [0.1, 0.15) is 0 Å². The van der Waals surface area contributed by atoms with Gasteiger partial charge >= 0.3 is 0 Å². The van der Waals surface area contributed by atoms with Crippen LogP contribution in [-0.4, -0.2) is 30.8 Å². The molecule has 1 aromatic heterocycles. The molecule has 0 atom stereocenters. The van der Waals surface area contributed by atoms with Gasteiger partial charge in [-0.1, -0.05) is 0 Å². The van der Waals surface area contributed by atoms with Crippen molar-refractivity contribution in [3.63, 3.8) is 0 Å². The van der Waals surface area contributed by atoms with Crippen molar-refractivity contribution in [3.05, 3.63) is 42.2 Å². The molecule has 2 rings (SSSR count). The van der Waals surface area contributed by atoms with E-state index in [-0.39, 0.29) is 24.0 Å². The lowest BCUT2D eigenvalue weighted by Crippen LogP contribution is -2.30. The maximum Gasteiger partial charge on any atom is 0.196 e. The predicted molar refractivity (Wildman–Crippen MR) is 113 cm³/mol. The van der Waals surface area contributed by atoms with Crippen molar-refractivity contribution >= 4 is 35.6 Å². The number of aryl methyl sites for hydroxylation is 1. The zero-order valence-electron chi connectivity index (χ0n) is 15.2. The zero-order chi connectivity index (χ0) is 17.4. The average molecular weight is 458 g/mol. The second-order valence-electron chi connectivity index (χ2n) is 5.30. The number of halogens is 1. The molecule has 6 nitrogen and oxygen atoms in total. The van der Waals surface area contributed by atoms with E-state index in [2.05, 4.69) is 27.9 Å². The number of hydrogen-bond acceptors (Lipinski definition) is 3. The van der Waals surface area contributed by atoms with Gasteiger partial charge in [0.25, 0.3) is 0 Å². The van der Waals surface area contributed by atoms with E-state index < -0.39 is 0 Å². The van der Waals surface area contributed by atoms with E-state index >= 15 is 0 Å². The Morgan fingerprint density at radius 1 is 1.20 bits per heavy atom. The fourth-order valence-electron chi connectivity index (χ4n) is 2.29. The van der Waals surface area contributed by atoms with Gasteiger partial charge in [-0.05, 0) is 37.6 Å². The van der Waals surface area contributed by atoms with Crippen LogP contribution < -0.4 is 20.1 Å². The van der Waals surface area contributed by atoms with Crippen LogP contribution in [0.5, 0.6) is 11.5 Å². The largest absolute Gasteiger partial charge is 0.493 e. The topological polar surface area (TPSA) is 59.8 Å². The van der Waals surface area contributed by atoms with E-state index in [0.717, 1.165) is 23.9 Å². The monoisotopic (exact) mass is 458 g/mol. The Hall–Kier alpha value is -1.90. The van der Waals surface area contributed by atoms with Crippen LogP contribution >= 0.6 is 24.0 Å². The van der Waals surface area contributed by atoms with Gasteiger partial charge in [0.05, 0.1) is 20.3 Å². The SMILES string of the molecule is CCNC(=NCc1ccn(C)c1)Nc1ccc(OCC)c(OC)c1.I. The first-order chi connectivity index (χ1) is 11.7. The van der Waals surface area contributed by atoms with Gasteiger partial charge in [-0.3, -0.25) is 0 Å². The number of nitrogens with zero attached hydrogens (tertiary/aromatic N) is 2. The molecule has 2 N–H and O–H groups in total. The molecule has 0 amide bonds. The van der Waals surface area contributed by atoms with Gasteiger partial charge in [0, 0.05) is 37.7 Å². The number of anilines is 1. The van der Waals surface area contributed by atoms with Crippen LogP contribution in [0.2, 0.25) is 0 Å². The minimum absolute atomic E-state index is 0. The third kappa shape index (κ3) is 6.49. The summed E-state index contributed by atoms with van der Waals surface area (Å²) >= 11 is 0. The molecule has 1 aromatic carbocycles. The number of nitrogens with one attached hydrogen (secondary N) is 2. The summed E-state index contributed by atoms with van der Waals surface area (Å²) < 4.78 is 12.9. The number of hydrogen-bond donors (Lipinski definition) is 2. The summed E-state index contributed by atoms with van der Waals surface area (Å²) in [6.45, 7) is 5.99. The third-order valence-corrected chi connectivity index (χ3v) is 3.38. The Morgan fingerprint density at radius 3 is 2.60 bits per heavy atom. The van der Waals surface area contributed by atoms with Crippen LogP contribution in [0.25, 0.3) is 0 Å². The van der Waals surface area contributed by atoms with E-state index in [4.69, 9.17) is 9.47 Å². The number of rotatable bonds is 7. The zero-order valence-corrected chi connectivity index (χ0v) is 17.5. The molecule has 0 aliphatic heterocycles. The highest BCUT2D eigenvalue weighted by atomic mass is 127. The summed E-state index contributed by atoms with van der Waals surface area (Å²) in [4.78, 5) is 4.62. The number of ether oxygens (including phenoxy) is 2. The Kier molecular flexibility index (Phi) is 9.18. The van der Waals surface area contributed by atoms with Crippen LogP contribution in [0.1, 0.15) is 19.4 Å². The summed E-state index contributed by atoms with van der Waals surface area (Å²) in [7, 11) is 3.64. The molecule has 0 unspecified atom stereocenters. The van der Waals surface area contributed by atoms with E-state index in [1.54, 1.807) is 7.11 Å². The summed E-state index contributed by atoms with van der Waals surface area (Å²) in [6, 6.07) is 7.81. The maximum absolute atomic E-state index is 5.54. The Bertz CT molecular complexity index is 685. The predicted octanol–water partition coefficient (Wildman–Crippen LogP) is 3.63. The first kappa shape index (κ1) is 21.1. The quantitative estimate of drug-likeness (QED) is 0.378. The van der Waals surface area contributed by atoms with Gasteiger partial charge in [0.2, 0.25) is 0 Å². The Labute approximate surface area is 166 Å². The molecular weight excluding hydrogens is 431 g/mol. The molecule has 2 aromatic rings. The molecule has 0 saturated heterocycles. The van der Waals surface area contributed by atoms with E-state index in [1.165, 1.54) is 5.56 Å². The van der Waals surface area contributed by atoms with Crippen molar-refractivity contribution in [2.75, 3.05) is 25.6 Å². The van der Waals surface area contributed by atoms with Gasteiger partial charge in [0.15, 0.2) is 17.5 Å². The summed E-state index contributed by atoms with van der Waals surface area (Å²) in [5, 5.41) is 6.54. The van der Waals surface area contributed by atoms with Crippen molar-refractivity contribution < 1.29 is 9.47 Å². The van der Waals surface area contributed by atoms with Crippen LogP contribution in [0.15, 0.2) is 41.7 Å². The van der Waals surface area contributed by atoms with Crippen molar-refractivity contribution in [3.8, 4) is 11.5 Å². The van der Waals surface area contributed by atoms with E-state index in [1.807, 2.05) is 49.9 Å². The maximum atomic E-state index is 5.54. The second kappa shape index (κ2) is 10.9. The van der Waals surface area contributed by atoms with Crippen LogP contribution in [0.3, 0.4) is 0 Å². The average Bonchev–Trinajstić information content (AvgIpc) is 3.00. The normalized spacial score (nSPS) is 10.8. The molecule has 0 aliphatic rings. The lowest BCUT2D eigenvalue weighted by molar-refractivity contribution is 0.311. The first-order valence-corrected chi connectivity index (χ1v) is 8.13. The highest BCUT2D eigenvalue weighted by Gasteiger charge is 2.07. The minimum atomic E-state index is 0. The Balaban J connectivity index is 0.00000312. The molecule has 0 saturated carbocycles. The third-order valence-electron chi connectivity index (χ3n) is 3.38. The number of guanidine groups is 1. The molecular formula is C18H27IN4O2. The van der Waals surface area contributed by atoms with Gasteiger partial charge in [-0.2, -0.15) is 0 Å². The minimum Gasteiger partial charge on any atom is -0.493 e. The van der Waals surface area contributed by atoms with Gasteiger partial charge in [-0.15, -0.1) is 24.0 Å². The summed E-state index contributed by atoms with van der Waals surface area (Å²) in [5.41, 5.74) is 2.06. The molecule has 0 aliphatic carbocycles. The standard InChI is InChI=1S/C18H26N4O2.HI/c1-5-19-18(20-12-14-9-10-22(3)13-14)21-15-7-8-16(24-6-2)17(11-15)23-4;/h7-11,13H,5-6,12H2,1-4H3,(H2,19,20,21);1H. The smallest absolute Gasteiger partial charge is 0.196 e. The van der Waals surface area contributed by atoms with Crippen molar-refractivity contribution in [1.82, 2.24) is 9.88 Å². The molecule has 25 heavy (non-hydrogen) atoms. The Morgan fingerprint density at radius 2 is 2.00 bits per heavy atom.